The van der Waals surface area contributed by atoms with Crippen LogP contribution in [0, 0.1) is 12.8 Å². The minimum atomic E-state index is -1.11. The SMILES string of the molecule is COc1ccc2c(O[C@@H]3C[C@H]4C(=O)NC5(C(=O)NSC6CC6)C[C@H]5/C=C\CCCCC[C@H](NC(=O)OC(C)(C)C)C(=O)N4C3)cc(OC(C)C)nc2c1C. The van der Waals surface area contributed by atoms with E-state index in [0.717, 1.165) is 43.1 Å². The number of allylic oxidation sites excluding steroid dienone is 1. The molecule has 5 atom stereocenters. The van der Waals surface area contributed by atoms with Gasteiger partial charge in [-0.1, -0.05) is 25.0 Å². The zero-order valence-corrected chi connectivity index (χ0v) is 33.3. The van der Waals surface area contributed by atoms with Gasteiger partial charge in [0, 0.05) is 34.6 Å². The van der Waals surface area contributed by atoms with Gasteiger partial charge in [0.2, 0.25) is 17.7 Å². The Morgan fingerprint density at radius 2 is 1.87 bits per heavy atom. The number of methoxy groups -OCH3 is 1. The molecule has 4 amide bonds. The summed E-state index contributed by atoms with van der Waals surface area (Å²) in [4.78, 5) is 62.1. The highest BCUT2D eigenvalue weighted by Gasteiger charge is 2.61. The van der Waals surface area contributed by atoms with E-state index in [-0.39, 0.29) is 30.9 Å². The van der Waals surface area contributed by atoms with Crippen molar-refractivity contribution < 1.29 is 38.1 Å². The first-order valence-electron chi connectivity index (χ1n) is 19.2. The first-order valence-corrected chi connectivity index (χ1v) is 20.1. The predicted molar refractivity (Wildman–Crippen MR) is 206 cm³/mol. The molecule has 294 valence electrons. The zero-order valence-electron chi connectivity index (χ0n) is 32.5. The lowest BCUT2D eigenvalue weighted by Crippen LogP contribution is -2.57. The summed E-state index contributed by atoms with van der Waals surface area (Å²) >= 11 is 1.41. The molecule has 1 aromatic carbocycles. The number of carbonyl (C=O) groups excluding carboxylic acids is 4. The first-order chi connectivity index (χ1) is 25.7. The minimum absolute atomic E-state index is 0.0722. The summed E-state index contributed by atoms with van der Waals surface area (Å²) in [6, 6.07) is 3.56. The fourth-order valence-electron chi connectivity index (χ4n) is 7.19. The van der Waals surface area contributed by atoms with Crippen LogP contribution in [0.15, 0.2) is 30.4 Å². The van der Waals surface area contributed by atoms with E-state index in [2.05, 4.69) is 21.4 Å². The summed E-state index contributed by atoms with van der Waals surface area (Å²) in [6.07, 6.45) is 8.98. The number of nitrogens with zero attached hydrogens (tertiary/aromatic N) is 2. The highest BCUT2D eigenvalue weighted by atomic mass is 32.2. The van der Waals surface area contributed by atoms with E-state index in [1.807, 2.05) is 39.0 Å². The maximum Gasteiger partial charge on any atom is 0.408 e. The molecular weight excluding hydrogens is 711 g/mol. The second kappa shape index (κ2) is 16.3. The number of aromatic nitrogens is 1. The highest BCUT2D eigenvalue weighted by molar-refractivity contribution is 7.98. The van der Waals surface area contributed by atoms with E-state index in [1.54, 1.807) is 33.9 Å². The minimum Gasteiger partial charge on any atom is -0.496 e. The summed E-state index contributed by atoms with van der Waals surface area (Å²) in [5, 5.41) is 7.04. The van der Waals surface area contributed by atoms with E-state index in [0.29, 0.717) is 47.4 Å². The smallest absolute Gasteiger partial charge is 0.408 e. The van der Waals surface area contributed by atoms with E-state index in [4.69, 9.17) is 23.9 Å². The molecule has 14 heteroatoms. The third kappa shape index (κ3) is 9.35. The summed E-state index contributed by atoms with van der Waals surface area (Å²) < 4.78 is 26.8. The molecule has 2 aromatic rings. The molecule has 54 heavy (non-hydrogen) atoms. The number of nitrogens with one attached hydrogen (secondary N) is 3. The number of fused-ring (bicyclic) bond motifs is 3. The Morgan fingerprint density at radius 3 is 2.57 bits per heavy atom. The molecule has 13 nitrogen and oxygen atoms in total. The average molecular weight is 766 g/mol. The van der Waals surface area contributed by atoms with Gasteiger partial charge in [-0.05, 0) is 104 Å². The predicted octanol–water partition coefficient (Wildman–Crippen LogP) is 5.90. The molecule has 1 saturated heterocycles. The largest absolute Gasteiger partial charge is 0.496 e. The number of pyridine rings is 1. The van der Waals surface area contributed by atoms with Crippen molar-refractivity contribution in [2.45, 2.75) is 140 Å². The van der Waals surface area contributed by atoms with Gasteiger partial charge in [-0.15, -0.1) is 0 Å². The number of hydrogen-bond acceptors (Lipinski definition) is 10. The third-order valence-corrected chi connectivity index (χ3v) is 11.3. The number of amides is 4. The summed E-state index contributed by atoms with van der Waals surface area (Å²) in [5.41, 5.74) is -0.417. The van der Waals surface area contributed by atoms with Crippen molar-refractivity contribution in [3.05, 3.63) is 35.9 Å². The normalized spacial score (nSPS) is 26.8. The molecule has 2 aliphatic carbocycles. The van der Waals surface area contributed by atoms with E-state index in [1.165, 1.54) is 16.8 Å². The number of benzene rings is 1. The Hall–Kier alpha value is -4.20. The molecule has 0 bridgehead atoms. The molecule has 4 aliphatic rings. The van der Waals surface area contributed by atoms with Crippen LogP contribution in [0.25, 0.3) is 10.9 Å². The van der Waals surface area contributed by atoms with Crippen LogP contribution in [0.1, 0.15) is 98.0 Å². The number of rotatable bonds is 9. The van der Waals surface area contributed by atoms with Gasteiger partial charge in [0.15, 0.2) is 0 Å². The van der Waals surface area contributed by atoms with Gasteiger partial charge in [0.25, 0.3) is 5.91 Å². The number of hydrogen-bond donors (Lipinski definition) is 3. The van der Waals surface area contributed by atoms with Crippen LogP contribution in [0.3, 0.4) is 0 Å². The monoisotopic (exact) mass is 765 g/mol. The van der Waals surface area contributed by atoms with Crippen molar-refractivity contribution in [2.75, 3.05) is 13.7 Å². The molecule has 3 N–H and O–H groups in total. The lowest BCUT2D eigenvalue weighted by Gasteiger charge is -2.30. The average Bonchev–Trinajstić information content (AvgIpc) is 4.01. The number of alkyl carbamates (subject to hydrolysis) is 1. The Labute approximate surface area is 322 Å². The van der Waals surface area contributed by atoms with Gasteiger partial charge in [0.1, 0.15) is 40.8 Å². The fraction of sp³-hybridized carbons (Fsp3) is 0.625. The highest BCUT2D eigenvalue weighted by Crippen LogP contribution is 2.46. The standard InChI is InChI=1S/C40H55N5O8S/c1-23(2)51-33-20-32(28-17-18-31(50-7)24(3)34(28)42-33)52-26-19-30-35(46)43-40(37(48)44-54-27-15-16-27)21-25(40)13-11-9-8-10-12-14-29(36(47)45(30)22-26)41-38(49)53-39(4,5)6/h11,13,17-18,20,23,25-27,29-30H,8-10,12,14-16,19,21-22H2,1-7H3,(H,41,49)(H,43,46)(H,44,48)/b13-11-/t25-,26-,29+,30+,40?/m1/s1. The fourth-order valence-corrected chi connectivity index (χ4v) is 8.01. The maximum atomic E-state index is 14.6. The van der Waals surface area contributed by atoms with Crippen LogP contribution in [0.5, 0.6) is 17.4 Å². The van der Waals surface area contributed by atoms with Crippen molar-refractivity contribution in [3.8, 4) is 17.4 Å². The molecule has 2 saturated carbocycles. The van der Waals surface area contributed by atoms with Crippen LogP contribution in [0.2, 0.25) is 0 Å². The number of ether oxygens (including phenoxy) is 4. The van der Waals surface area contributed by atoms with E-state index >= 15 is 0 Å². The van der Waals surface area contributed by atoms with Gasteiger partial charge in [-0.2, -0.15) is 0 Å². The van der Waals surface area contributed by atoms with Gasteiger partial charge in [0.05, 0.1) is 25.3 Å². The Morgan fingerprint density at radius 1 is 1.09 bits per heavy atom. The topological polar surface area (TPSA) is 157 Å². The molecule has 0 radical (unpaired) electrons. The van der Waals surface area contributed by atoms with Crippen molar-refractivity contribution in [1.82, 2.24) is 25.2 Å². The number of aryl methyl sites for hydroxylation is 1. The number of carbonyl (C=O) groups is 4. The van der Waals surface area contributed by atoms with Crippen molar-refractivity contribution in [1.29, 1.82) is 0 Å². The zero-order chi connectivity index (χ0) is 38.8. The van der Waals surface area contributed by atoms with Crippen molar-refractivity contribution >= 4 is 46.7 Å². The van der Waals surface area contributed by atoms with Crippen LogP contribution in [0.4, 0.5) is 4.79 Å². The molecule has 2 aliphatic heterocycles. The van der Waals surface area contributed by atoms with Gasteiger partial charge in [-0.25, -0.2) is 9.78 Å². The Bertz CT molecular complexity index is 1770. The molecular formula is C40H55N5O8S. The Balaban J connectivity index is 1.33. The van der Waals surface area contributed by atoms with Crippen molar-refractivity contribution in [2.24, 2.45) is 5.92 Å². The molecule has 1 unspecified atom stereocenters. The van der Waals surface area contributed by atoms with Crippen LogP contribution in [-0.2, 0) is 19.1 Å². The quantitative estimate of drug-likeness (QED) is 0.207. The second-order valence-corrected chi connectivity index (χ2v) is 17.3. The van der Waals surface area contributed by atoms with Gasteiger partial charge < -0.3 is 34.5 Å². The maximum absolute atomic E-state index is 14.6. The van der Waals surface area contributed by atoms with Crippen LogP contribution < -0.4 is 29.6 Å². The first kappa shape index (κ1) is 39.5. The van der Waals surface area contributed by atoms with E-state index < -0.39 is 47.2 Å². The molecule has 3 heterocycles. The van der Waals surface area contributed by atoms with Crippen LogP contribution in [-0.4, -0.2) is 88.0 Å². The van der Waals surface area contributed by atoms with Crippen LogP contribution >= 0.6 is 11.9 Å². The summed E-state index contributed by atoms with van der Waals surface area (Å²) in [5.74, 6) is 0.302. The lowest BCUT2D eigenvalue weighted by molar-refractivity contribution is -0.141. The molecule has 1 aromatic heterocycles. The summed E-state index contributed by atoms with van der Waals surface area (Å²) in [6.45, 7) is 11.1. The second-order valence-electron chi connectivity index (χ2n) is 16.2. The molecule has 6 rings (SSSR count). The Kier molecular flexibility index (Phi) is 11.9. The van der Waals surface area contributed by atoms with Gasteiger partial charge in [-0.3, -0.25) is 19.1 Å². The van der Waals surface area contributed by atoms with Crippen molar-refractivity contribution in [3.63, 3.8) is 0 Å². The van der Waals surface area contributed by atoms with Gasteiger partial charge >= 0.3 is 6.09 Å². The third-order valence-electron chi connectivity index (χ3n) is 10.2. The summed E-state index contributed by atoms with van der Waals surface area (Å²) in [7, 11) is 1.60. The van der Waals surface area contributed by atoms with E-state index in [9.17, 15) is 19.2 Å². The molecule has 0 spiro atoms. The lowest BCUT2D eigenvalue weighted by atomic mass is 10.0. The molecule has 3 fully saturated rings.